The van der Waals surface area contributed by atoms with Gasteiger partial charge in [0.15, 0.2) is 0 Å². The zero-order chi connectivity index (χ0) is 47.8. The van der Waals surface area contributed by atoms with Crippen LogP contribution in [0.15, 0.2) is 158 Å². The summed E-state index contributed by atoms with van der Waals surface area (Å²) in [6.07, 6.45) is -3.25. The Balaban J connectivity index is 1.15. The highest BCUT2D eigenvalue weighted by Gasteiger charge is 2.51. The second-order valence-corrected chi connectivity index (χ2v) is 17.9. The molecular weight excluding hydrogens is 881 g/mol. The van der Waals surface area contributed by atoms with E-state index in [1.165, 1.54) is 97.1 Å². The number of ether oxygens (including phenoxy) is 3. The van der Waals surface area contributed by atoms with Gasteiger partial charge >= 0.3 is 0 Å². The van der Waals surface area contributed by atoms with Crippen molar-refractivity contribution in [2.24, 2.45) is 0 Å². The molecule has 0 saturated carbocycles. The molecule has 2 unspecified atom stereocenters. The summed E-state index contributed by atoms with van der Waals surface area (Å²) in [7, 11) is 0. The van der Waals surface area contributed by atoms with Gasteiger partial charge in [-0.15, -0.1) is 0 Å². The van der Waals surface area contributed by atoms with Crippen LogP contribution in [0.25, 0.3) is 0 Å². The van der Waals surface area contributed by atoms with Crippen molar-refractivity contribution in [3.63, 3.8) is 0 Å². The highest BCUT2D eigenvalue weighted by molar-refractivity contribution is 5.64. The summed E-state index contributed by atoms with van der Waals surface area (Å²) in [4.78, 5) is 0. The lowest BCUT2D eigenvalue weighted by atomic mass is 9.73. The second kappa shape index (κ2) is 16.6. The zero-order valence-electron chi connectivity index (χ0n) is 36.3. The van der Waals surface area contributed by atoms with Crippen LogP contribution < -0.4 is 9.47 Å². The molecule has 11 rings (SSSR count). The van der Waals surface area contributed by atoms with Crippen molar-refractivity contribution < 1.29 is 65.3 Å². The third-order valence-corrected chi connectivity index (χ3v) is 13.6. The summed E-state index contributed by atoms with van der Waals surface area (Å²) >= 11 is 0. The van der Waals surface area contributed by atoms with Crippen molar-refractivity contribution in [2.45, 2.75) is 48.1 Å². The van der Waals surface area contributed by atoms with Crippen LogP contribution in [-0.4, -0.2) is 51.1 Å². The van der Waals surface area contributed by atoms with Crippen LogP contribution in [-0.2, 0) is 4.74 Å². The molecule has 0 radical (unpaired) electrons. The van der Waals surface area contributed by atoms with E-state index >= 15 is 0 Å². The molecule has 3 heterocycles. The molecule has 1 fully saturated rings. The molecule has 0 amide bonds. The largest absolute Gasteiger partial charge is 0.508 e. The molecule has 3 aliphatic rings. The number of hydrogen-bond donors (Lipinski definition) is 10. The summed E-state index contributed by atoms with van der Waals surface area (Å²) in [5.41, 5.74) is 5.67. The molecule has 1 saturated heterocycles. The fraction of sp³-hybridized carbons (Fsp3) is 0.143. The van der Waals surface area contributed by atoms with E-state index in [-0.39, 0.29) is 57.5 Å². The first-order valence-corrected chi connectivity index (χ1v) is 22.2. The maximum atomic E-state index is 12.4. The van der Waals surface area contributed by atoms with Gasteiger partial charge in [0.2, 0.25) is 0 Å². The fourth-order valence-electron chi connectivity index (χ4n) is 10.7. The van der Waals surface area contributed by atoms with Gasteiger partial charge in [-0.25, -0.2) is 0 Å². The molecule has 0 bridgehead atoms. The molecule has 13 heteroatoms. The molecule has 0 aromatic heterocycles. The monoisotopic (exact) mass is 924 g/mol. The predicted molar refractivity (Wildman–Crippen MR) is 251 cm³/mol. The van der Waals surface area contributed by atoms with Gasteiger partial charge in [0, 0.05) is 52.8 Å². The molecule has 346 valence electrons. The molecule has 10 N–H and O–H groups in total. The Morgan fingerprint density at radius 1 is 0.275 bits per heavy atom. The summed E-state index contributed by atoms with van der Waals surface area (Å²) in [5, 5.41) is 109. The van der Waals surface area contributed by atoms with E-state index in [0.717, 1.165) is 0 Å². The first kappa shape index (κ1) is 42.9. The minimum atomic E-state index is -0.844. The van der Waals surface area contributed by atoms with Gasteiger partial charge in [0.25, 0.3) is 0 Å². The van der Waals surface area contributed by atoms with Crippen LogP contribution in [0.2, 0.25) is 0 Å². The average molecular weight is 925 g/mol. The normalized spacial score (nSPS) is 22.4. The summed E-state index contributed by atoms with van der Waals surface area (Å²) in [6, 6.07) is 41.1. The molecule has 8 aromatic rings. The predicted octanol–water partition coefficient (Wildman–Crippen LogP) is 10.7. The SMILES string of the molecule is Oc1ccc(C2Oc3cc(O)c([C@@H]4[C@H](c5cc(O)cc(O)c5)[C@@H](c5ccc(O)cc5)O[C@@H]4c4ccc(O)cc4)cc3C2c2cc(O)cc3c2[C@@H](c2cc(O)cc(O)c2)[C@H](c2ccc(O)cc2)O3)cc1. The number of fused-ring (bicyclic) bond motifs is 2. The Hall–Kier alpha value is -8.68. The van der Waals surface area contributed by atoms with E-state index in [1.807, 2.05) is 6.07 Å². The fourth-order valence-corrected chi connectivity index (χ4v) is 10.7. The van der Waals surface area contributed by atoms with Gasteiger partial charge in [-0.3, -0.25) is 0 Å². The number of rotatable bonds is 8. The van der Waals surface area contributed by atoms with Crippen LogP contribution in [0.5, 0.6) is 69.0 Å². The Labute approximate surface area is 394 Å². The maximum absolute atomic E-state index is 12.4. The standard InChI is InChI=1S/C56H44O13/c57-33-9-1-27(2-10-33)53-48(31-17-37(61)21-38(62)18-31)51-44(23-41(65)24-47(51)68-53)50-43-25-42(45(66)26-46(43)67-55(50)29-5-13-35(59)14-6-29)52-49(32-19-39(63)22-40(64)20-32)54(28-3-11-34(58)12-4-28)69-56(52)30-7-15-36(60)16-8-30/h1-26,48-50,52-66H/t48-,49+,50?,52-,53+,54-,55?,56-/m1/s1. The smallest absolute Gasteiger partial charge is 0.135 e. The van der Waals surface area contributed by atoms with Crippen molar-refractivity contribution in [3.05, 3.63) is 213 Å². The molecule has 0 aliphatic carbocycles. The number of hydrogen-bond acceptors (Lipinski definition) is 13. The number of phenolic OH excluding ortho intramolecular Hbond substituents is 10. The molecule has 69 heavy (non-hydrogen) atoms. The van der Waals surface area contributed by atoms with Crippen molar-refractivity contribution in [3.8, 4) is 69.0 Å². The Kier molecular flexibility index (Phi) is 10.3. The van der Waals surface area contributed by atoms with Gasteiger partial charge in [-0.05, 0) is 124 Å². The van der Waals surface area contributed by atoms with Gasteiger partial charge in [-0.2, -0.15) is 0 Å². The van der Waals surface area contributed by atoms with Gasteiger partial charge < -0.3 is 65.3 Å². The molecular formula is C56H44O13. The Morgan fingerprint density at radius 2 is 0.681 bits per heavy atom. The van der Waals surface area contributed by atoms with Crippen molar-refractivity contribution in [2.75, 3.05) is 0 Å². The molecule has 3 aliphatic heterocycles. The summed E-state index contributed by atoms with van der Waals surface area (Å²) in [6.45, 7) is 0. The van der Waals surface area contributed by atoms with E-state index in [9.17, 15) is 51.1 Å². The summed E-state index contributed by atoms with van der Waals surface area (Å²) < 4.78 is 20.6. The molecule has 0 spiro atoms. The van der Waals surface area contributed by atoms with Gasteiger partial charge in [0.05, 0.1) is 24.0 Å². The van der Waals surface area contributed by atoms with Crippen molar-refractivity contribution in [1.82, 2.24) is 0 Å². The first-order chi connectivity index (χ1) is 33.3. The van der Waals surface area contributed by atoms with Crippen molar-refractivity contribution in [1.29, 1.82) is 0 Å². The van der Waals surface area contributed by atoms with Crippen LogP contribution in [0, 0.1) is 0 Å². The third kappa shape index (κ3) is 7.68. The quantitative estimate of drug-likeness (QED) is 0.0685. The lowest BCUT2D eigenvalue weighted by Gasteiger charge is -2.28. The van der Waals surface area contributed by atoms with E-state index in [4.69, 9.17) is 14.2 Å². The van der Waals surface area contributed by atoms with Crippen LogP contribution in [0.1, 0.15) is 104 Å². The van der Waals surface area contributed by atoms with Gasteiger partial charge in [-0.1, -0.05) is 48.5 Å². The van der Waals surface area contributed by atoms with Crippen molar-refractivity contribution >= 4 is 0 Å². The Bertz CT molecular complexity index is 3200. The van der Waals surface area contributed by atoms with Crippen LogP contribution >= 0.6 is 0 Å². The first-order valence-electron chi connectivity index (χ1n) is 22.2. The van der Waals surface area contributed by atoms with E-state index in [1.54, 1.807) is 54.6 Å². The van der Waals surface area contributed by atoms with Gasteiger partial charge in [0.1, 0.15) is 81.2 Å². The minimum absolute atomic E-state index is 0.0200. The third-order valence-electron chi connectivity index (χ3n) is 13.6. The summed E-state index contributed by atoms with van der Waals surface area (Å²) in [5.74, 6) is -3.40. The van der Waals surface area contributed by atoms with E-state index < -0.39 is 48.1 Å². The average Bonchev–Trinajstić information content (AvgIpc) is 4.01. The maximum Gasteiger partial charge on any atom is 0.135 e. The number of benzene rings is 8. The molecule has 8 aromatic carbocycles. The number of phenols is 10. The van der Waals surface area contributed by atoms with Crippen LogP contribution in [0.4, 0.5) is 0 Å². The topological polar surface area (TPSA) is 230 Å². The second-order valence-electron chi connectivity index (χ2n) is 17.9. The zero-order valence-corrected chi connectivity index (χ0v) is 36.3. The Morgan fingerprint density at radius 3 is 1.17 bits per heavy atom. The number of aromatic hydroxyl groups is 10. The molecule has 13 nitrogen and oxygen atoms in total. The molecule has 8 atom stereocenters. The highest BCUT2D eigenvalue weighted by atomic mass is 16.5. The highest BCUT2D eigenvalue weighted by Crippen LogP contribution is 2.64. The lowest BCUT2D eigenvalue weighted by Crippen LogP contribution is -2.16. The van der Waals surface area contributed by atoms with E-state index in [2.05, 4.69) is 0 Å². The van der Waals surface area contributed by atoms with E-state index in [0.29, 0.717) is 67.1 Å². The minimum Gasteiger partial charge on any atom is -0.508 e. The lowest BCUT2D eigenvalue weighted by molar-refractivity contribution is 0.0365. The van der Waals surface area contributed by atoms with Crippen LogP contribution in [0.3, 0.4) is 0 Å².